The molecule has 6 aliphatic rings. The number of aryl methyl sites for hydroxylation is 3. The molecule has 0 radical (unpaired) electrons. The summed E-state index contributed by atoms with van der Waals surface area (Å²) < 4.78 is 36.8. The summed E-state index contributed by atoms with van der Waals surface area (Å²) >= 11 is 0. The number of aliphatic hydroxyl groups is 3. The first-order valence-corrected chi connectivity index (χ1v) is 39.3. The quantitative estimate of drug-likeness (QED) is 0.0647. The number of fused-ring (bicyclic) bond motifs is 3. The third kappa shape index (κ3) is 19.9. The zero-order valence-electron chi connectivity index (χ0n) is 63.7. The maximum absolute atomic E-state index is 9.23. The first kappa shape index (κ1) is 77.3. The smallest absolute Gasteiger partial charge is 0.120 e. The average Bonchev–Trinajstić information content (AvgIpc) is 0.777. The van der Waals surface area contributed by atoms with E-state index in [0.29, 0.717) is 90.8 Å². The number of ether oxygens (including phenoxy) is 6. The fraction of sp³-hybridized carbons (Fsp3) is 0.443. The number of hydrogen-bond donors (Lipinski definition) is 3. The molecule has 106 heavy (non-hydrogen) atoms. The zero-order chi connectivity index (χ0) is 73.2. The Hall–Kier alpha value is -8.34. The fourth-order valence-corrected chi connectivity index (χ4v) is 17.5. The van der Waals surface area contributed by atoms with Gasteiger partial charge in [-0.2, -0.15) is 0 Å². The van der Waals surface area contributed by atoms with Crippen molar-refractivity contribution in [3.63, 3.8) is 0 Å². The molecule has 9 heteroatoms. The van der Waals surface area contributed by atoms with Crippen LogP contribution in [0.3, 0.4) is 0 Å². The summed E-state index contributed by atoms with van der Waals surface area (Å²) in [4.78, 5) is 0. The van der Waals surface area contributed by atoms with Gasteiger partial charge in [-0.1, -0.05) is 153 Å². The third-order valence-corrected chi connectivity index (χ3v) is 22.6. The van der Waals surface area contributed by atoms with Crippen LogP contribution in [-0.4, -0.2) is 71.8 Å². The highest BCUT2D eigenvalue weighted by Gasteiger charge is 2.38. The molecule has 3 N–H and O–H groups in total. The Bertz CT molecular complexity index is 3760. The highest BCUT2D eigenvalue weighted by atomic mass is 16.5. The summed E-state index contributed by atoms with van der Waals surface area (Å²) in [6.45, 7) is 22.0. The standard InChI is InChI=1S/3C32H38O3.CH4/c3*1-32(2,3)35-28-14-16-30-26(19-28)11-15-29(24-7-5-4-6-8-24)31(30)25-9-12-27(13-10-25)34-21-23-17-22(18-23)20-33;/h3*4-10,12-14,16,19,22-23,29,31,33H,11,15,17-18,20-21H2,1-3H3;1H4/t3*22?,23?,29-,31+;/m111./s1. The largest absolute Gasteiger partial charge is 0.493 e. The molecule has 0 aliphatic heterocycles. The van der Waals surface area contributed by atoms with Crippen LogP contribution in [0.4, 0.5) is 0 Å². The van der Waals surface area contributed by atoms with Crippen LogP contribution in [0.2, 0.25) is 0 Å². The third-order valence-electron chi connectivity index (χ3n) is 22.6. The van der Waals surface area contributed by atoms with Gasteiger partial charge in [-0.15, -0.1) is 0 Å². The maximum atomic E-state index is 9.23. The molecule has 0 saturated heterocycles. The van der Waals surface area contributed by atoms with Crippen molar-refractivity contribution in [3.8, 4) is 34.5 Å². The van der Waals surface area contributed by atoms with Gasteiger partial charge in [0.1, 0.15) is 51.3 Å². The van der Waals surface area contributed by atoms with Crippen LogP contribution in [0.25, 0.3) is 0 Å². The molecule has 15 rings (SSSR count). The van der Waals surface area contributed by atoms with Gasteiger partial charge in [-0.3, -0.25) is 0 Å². The summed E-state index contributed by atoms with van der Waals surface area (Å²) in [7, 11) is 0. The number of aliphatic hydroxyl groups excluding tert-OH is 3. The minimum atomic E-state index is -0.205. The number of benzene rings is 9. The van der Waals surface area contributed by atoms with Crippen LogP contribution in [0.5, 0.6) is 34.5 Å². The number of rotatable bonds is 21. The van der Waals surface area contributed by atoms with Crippen LogP contribution < -0.4 is 28.4 Å². The van der Waals surface area contributed by atoms with Crippen molar-refractivity contribution in [2.75, 3.05) is 39.6 Å². The van der Waals surface area contributed by atoms with E-state index in [4.69, 9.17) is 28.4 Å². The first-order chi connectivity index (χ1) is 50.7. The van der Waals surface area contributed by atoms with Crippen LogP contribution in [0.1, 0.15) is 230 Å². The van der Waals surface area contributed by atoms with Crippen molar-refractivity contribution in [1.82, 2.24) is 0 Å². The molecular weight excluding hydrogens is 1310 g/mol. The van der Waals surface area contributed by atoms with Crippen LogP contribution in [0.15, 0.2) is 218 Å². The van der Waals surface area contributed by atoms with Crippen LogP contribution in [-0.2, 0) is 19.3 Å². The van der Waals surface area contributed by atoms with Gasteiger partial charge in [0.15, 0.2) is 0 Å². The highest BCUT2D eigenvalue weighted by Crippen LogP contribution is 2.51. The summed E-state index contributed by atoms with van der Waals surface area (Å²) in [6, 6.07) is 79.2. The van der Waals surface area contributed by atoms with E-state index < -0.39 is 0 Å². The first-order valence-electron chi connectivity index (χ1n) is 39.3. The van der Waals surface area contributed by atoms with Crippen molar-refractivity contribution in [3.05, 3.63) is 285 Å². The van der Waals surface area contributed by atoms with E-state index >= 15 is 0 Å². The van der Waals surface area contributed by atoms with Gasteiger partial charge < -0.3 is 43.7 Å². The lowest BCUT2D eigenvalue weighted by atomic mass is 9.69. The molecule has 6 atom stereocenters. The Kier molecular flexibility index (Phi) is 25.3. The Balaban J connectivity index is 0.000000148. The lowest BCUT2D eigenvalue weighted by Gasteiger charge is -2.35. The SMILES string of the molecule is C.CC(C)(C)Oc1ccc2c(c1)CC[C@H](c1ccccc1)[C@@H]2c1ccc(OCC2CC(CO)C2)cc1.CC(C)(C)Oc1ccc2c(c1)CC[C@H](c1ccccc1)[C@@H]2c1ccc(OCC2CC(CO)C2)cc1.CC(C)(C)Oc1ccc2c(c1)CC[C@H](c1ccccc1)[C@@H]2c1ccc(OCC2CC(CO)C2)cc1. The molecule has 9 aromatic rings. The molecular formula is C97H118O9. The predicted molar refractivity (Wildman–Crippen MR) is 431 cm³/mol. The van der Waals surface area contributed by atoms with Crippen molar-refractivity contribution in [1.29, 1.82) is 0 Å². The maximum Gasteiger partial charge on any atom is 0.120 e. The van der Waals surface area contributed by atoms with Crippen molar-refractivity contribution in [2.24, 2.45) is 35.5 Å². The van der Waals surface area contributed by atoms with E-state index in [2.05, 4.69) is 281 Å². The lowest BCUT2D eigenvalue weighted by molar-refractivity contribution is 0.0729. The van der Waals surface area contributed by atoms with E-state index in [9.17, 15) is 15.3 Å². The number of hydrogen-bond acceptors (Lipinski definition) is 9. The van der Waals surface area contributed by atoms with E-state index in [0.717, 1.165) is 131 Å². The highest BCUT2D eigenvalue weighted by molar-refractivity contribution is 5.52. The van der Waals surface area contributed by atoms with Gasteiger partial charge in [0.2, 0.25) is 0 Å². The van der Waals surface area contributed by atoms with Crippen LogP contribution >= 0.6 is 0 Å². The Morgan fingerprint density at radius 2 is 0.519 bits per heavy atom. The summed E-state index contributed by atoms with van der Waals surface area (Å²) in [5.41, 5.74) is 16.0. The van der Waals surface area contributed by atoms with Gasteiger partial charge in [0.25, 0.3) is 0 Å². The molecule has 9 nitrogen and oxygen atoms in total. The second kappa shape index (κ2) is 34.7. The molecule has 0 amide bonds. The van der Waals surface area contributed by atoms with Gasteiger partial charge in [-0.25, -0.2) is 0 Å². The second-order valence-electron chi connectivity index (χ2n) is 34.1. The topological polar surface area (TPSA) is 116 Å². The molecule has 9 aromatic carbocycles. The molecule has 0 aromatic heterocycles. The predicted octanol–water partition coefficient (Wildman–Crippen LogP) is 22.0. The second-order valence-corrected chi connectivity index (χ2v) is 34.1. The Morgan fingerprint density at radius 1 is 0.283 bits per heavy atom. The Labute approximate surface area is 634 Å². The van der Waals surface area contributed by atoms with Gasteiger partial charge in [-0.05, 0) is 332 Å². The molecule has 0 bridgehead atoms. The molecule has 0 heterocycles. The van der Waals surface area contributed by atoms with Crippen molar-refractivity contribution < 1.29 is 43.7 Å². The molecule has 6 aliphatic carbocycles. The van der Waals surface area contributed by atoms with Crippen LogP contribution in [0, 0.1) is 35.5 Å². The summed E-state index contributed by atoms with van der Waals surface area (Å²) in [5.74, 6) is 11.0. The summed E-state index contributed by atoms with van der Waals surface area (Å²) in [5, 5.41) is 27.7. The van der Waals surface area contributed by atoms with Gasteiger partial charge >= 0.3 is 0 Å². The van der Waals surface area contributed by atoms with E-state index in [1.165, 1.54) is 66.8 Å². The molecule has 3 fully saturated rings. The van der Waals surface area contributed by atoms with E-state index in [1.807, 2.05) is 0 Å². The monoisotopic (exact) mass is 1430 g/mol. The van der Waals surface area contributed by atoms with Crippen molar-refractivity contribution >= 4 is 0 Å². The lowest BCUT2D eigenvalue weighted by Crippen LogP contribution is -2.30. The zero-order valence-corrected chi connectivity index (χ0v) is 63.7. The Morgan fingerprint density at radius 3 is 0.745 bits per heavy atom. The minimum absolute atomic E-state index is 0. The van der Waals surface area contributed by atoms with Gasteiger partial charge in [0, 0.05) is 37.6 Å². The molecule has 560 valence electrons. The van der Waals surface area contributed by atoms with Crippen molar-refractivity contribution in [2.45, 2.75) is 199 Å². The van der Waals surface area contributed by atoms with E-state index in [1.54, 1.807) is 0 Å². The molecule has 0 unspecified atom stereocenters. The minimum Gasteiger partial charge on any atom is -0.493 e. The average molecular weight is 1430 g/mol. The molecule has 0 spiro atoms. The normalized spacial score (nSPS) is 23.5. The summed E-state index contributed by atoms with van der Waals surface area (Å²) in [6.07, 6.45) is 13.0. The molecule has 3 saturated carbocycles. The fourth-order valence-electron chi connectivity index (χ4n) is 17.5. The van der Waals surface area contributed by atoms with Gasteiger partial charge in [0.05, 0.1) is 19.8 Å². The van der Waals surface area contributed by atoms with E-state index in [-0.39, 0.29) is 24.2 Å².